The topological polar surface area (TPSA) is 84.5 Å². The lowest BCUT2D eigenvalue weighted by atomic mass is 10.2. The molecule has 0 aliphatic carbocycles. The average molecular weight is 336 g/mol. The lowest BCUT2D eigenvalue weighted by molar-refractivity contribution is -0.144. The minimum atomic E-state index is -0.711. The Balaban J connectivity index is 2.34. The average Bonchev–Trinajstić information content (AvgIpc) is 2.57. The lowest BCUT2D eigenvalue weighted by Crippen LogP contribution is -2.46. The molecule has 0 bridgehead atoms. The number of benzene rings is 1. The summed E-state index contributed by atoms with van der Waals surface area (Å²) < 4.78 is 17.5. The van der Waals surface area contributed by atoms with Gasteiger partial charge in [0.05, 0.1) is 0 Å². The second kappa shape index (κ2) is 10.1. The molecule has 1 aromatic carbocycles. The minimum absolute atomic E-state index is 0.298. The second-order valence-electron chi connectivity index (χ2n) is 5.07. The highest BCUT2D eigenvalue weighted by Gasteiger charge is 2.15. The van der Waals surface area contributed by atoms with E-state index in [0.717, 1.165) is 12.5 Å². The standard InChI is InChI=1S/C17H21FN2O4/c1-3-10-19-17(23)12(2)20-15(21)11-24-16(22)9-6-13-4-7-14(18)8-5-13/h4-9,12H,3,10-11H2,1-2H3,(H,19,23)(H,20,21)/b9-6+/t12-/m1/s1. The number of hydrogen-bond acceptors (Lipinski definition) is 4. The van der Waals surface area contributed by atoms with E-state index < -0.39 is 24.5 Å². The van der Waals surface area contributed by atoms with Crippen LogP contribution >= 0.6 is 0 Å². The summed E-state index contributed by atoms with van der Waals surface area (Å²) in [7, 11) is 0. The molecule has 130 valence electrons. The number of esters is 1. The summed E-state index contributed by atoms with van der Waals surface area (Å²) in [6.07, 6.45) is 3.38. The Labute approximate surface area is 140 Å². The maximum absolute atomic E-state index is 12.7. The van der Waals surface area contributed by atoms with E-state index in [1.54, 1.807) is 6.92 Å². The van der Waals surface area contributed by atoms with E-state index in [1.807, 2.05) is 6.92 Å². The Morgan fingerprint density at radius 2 is 1.92 bits per heavy atom. The van der Waals surface area contributed by atoms with Crippen molar-refractivity contribution in [3.05, 3.63) is 41.7 Å². The second-order valence-corrected chi connectivity index (χ2v) is 5.07. The van der Waals surface area contributed by atoms with E-state index >= 15 is 0 Å². The third kappa shape index (κ3) is 7.53. The van der Waals surface area contributed by atoms with Crippen LogP contribution in [0.1, 0.15) is 25.8 Å². The van der Waals surface area contributed by atoms with E-state index in [2.05, 4.69) is 10.6 Å². The Morgan fingerprint density at radius 3 is 2.54 bits per heavy atom. The van der Waals surface area contributed by atoms with Crippen LogP contribution in [-0.2, 0) is 19.1 Å². The third-order valence-electron chi connectivity index (χ3n) is 2.95. The van der Waals surface area contributed by atoms with Gasteiger partial charge < -0.3 is 15.4 Å². The number of ether oxygens (including phenoxy) is 1. The molecule has 0 fully saturated rings. The van der Waals surface area contributed by atoms with Crippen molar-refractivity contribution in [2.75, 3.05) is 13.2 Å². The van der Waals surface area contributed by atoms with Crippen LogP contribution in [0.25, 0.3) is 6.08 Å². The van der Waals surface area contributed by atoms with Crippen LogP contribution in [0.15, 0.2) is 30.3 Å². The molecule has 6 nitrogen and oxygen atoms in total. The number of halogens is 1. The fourth-order valence-corrected chi connectivity index (χ4v) is 1.67. The first-order valence-electron chi connectivity index (χ1n) is 7.60. The van der Waals surface area contributed by atoms with Crippen molar-refractivity contribution < 1.29 is 23.5 Å². The first-order chi connectivity index (χ1) is 11.4. The van der Waals surface area contributed by atoms with Gasteiger partial charge in [0.25, 0.3) is 5.91 Å². The van der Waals surface area contributed by atoms with Crippen molar-refractivity contribution in [1.82, 2.24) is 10.6 Å². The minimum Gasteiger partial charge on any atom is -0.452 e. The van der Waals surface area contributed by atoms with E-state index in [1.165, 1.54) is 30.3 Å². The zero-order valence-electron chi connectivity index (χ0n) is 13.7. The van der Waals surface area contributed by atoms with Crippen molar-refractivity contribution in [1.29, 1.82) is 0 Å². The Morgan fingerprint density at radius 1 is 1.25 bits per heavy atom. The van der Waals surface area contributed by atoms with Crippen LogP contribution in [0, 0.1) is 5.82 Å². The van der Waals surface area contributed by atoms with Crippen LogP contribution in [0.2, 0.25) is 0 Å². The van der Waals surface area contributed by atoms with E-state index in [0.29, 0.717) is 12.1 Å². The van der Waals surface area contributed by atoms with Gasteiger partial charge in [-0.1, -0.05) is 19.1 Å². The summed E-state index contributed by atoms with van der Waals surface area (Å²) in [5.74, 6) is -1.95. The molecule has 0 aromatic heterocycles. The van der Waals surface area contributed by atoms with Crippen molar-refractivity contribution in [3.63, 3.8) is 0 Å². The molecule has 1 atom stereocenters. The molecule has 1 rings (SSSR count). The van der Waals surface area contributed by atoms with Crippen LogP contribution in [-0.4, -0.2) is 37.0 Å². The molecule has 1 aromatic rings. The highest BCUT2D eigenvalue weighted by Crippen LogP contribution is 2.04. The zero-order valence-corrected chi connectivity index (χ0v) is 13.7. The van der Waals surface area contributed by atoms with Gasteiger partial charge in [-0.25, -0.2) is 9.18 Å². The summed E-state index contributed by atoms with van der Waals surface area (Å²) in [5, 5.41) is 5.08. The first kappa shape index (κ1) is 19.3. The number of carbonyl (C=O) groups is 3. The smallest absolute Gasteiger partial charge is 0.331 e. The Hall–Kier alpha value is -2.70. The van der Waals surface area contributed by atoms with E-state index in [4.69, 9.17) is 4.74 Å². The van der Waals surface area contributed by atoms with E-state index in [-0.39, 0.29) is 11.7 Å². The van der Waals surface area contributed by atoms with Gasteiger partial charge in [0.2, 0.25) is 5.91 Å². The quantitative estimate of drug-likeness (QED) is 0.555. The van der Waals surface area contributed by atoms with Crippen molar-refractivity contribution in [2.45, 2.75) is 26.3 Å². The van der Waals surface area contributed by atoms with Gasteiger partial charge in [-0.2, -0.15) is 0 Å². The highest BCUT2D eigenvalue weighted by atomic mass is 19.1. The van der Waals surface area contributed by atoms with Gasteiger partial charge in [-0.15, -0.1) is 0 Å². The van der Waals surface area contributed by atoms with Crippen molar-refractivity contribution >= 4 is 23.9 Å². The predicted octanol–water partition coefficient (Wildman–Crippen LogP) is 1.41. The lowest BCUT2D eigenvalue weighted by Gasteiger charge is -2.13. The molecule has 0 radical (unpaired) electrons. The SMILES string of the molecule is CCCNC(=O)[C@@H](C)NC(=O)COC(=O)/C=C/c1ccc(F)cc1. The number of carbonyl (C=O) groups excluding carboxylic acids is 3. The molecule has 24 heavy (non-hydrogen) atoms. The van der Waals surface area contributed by atoms with Gasteiger partial charge in [0, 0.05) is 12.6 Å². The molecule has 0 heterocycles. The van der Waals surface area contributed by atoms with Gasteiger partial charge >= 0.3 is 5.97 Å². The Kier molecular flexibility index (Phi) is 8.18. The van der Waals surface area contributed by atoms with Gasteiger partial charge in [-0.3, -0.25) is 9.59 Å². The molecular formula is C17H21FN2O4. The van der Waals surface area contributed by atoms with Gasteiger partial charge in [-0.05, 0) is 37.1 Å². The monoisotopic (exact) mass is 336 g/mol. The fourth-order valence-electron chi connectivity index (χ4n) is 1.67. The summed E-state index contributed by atoms with van der Waals surface area (Å²) in [5.41, 5.74) is 0.624. The number of rotatable bonds is 8. The van der Waals surface area contributed by atoms with Crippen LogP contribution < -0.4 is 10.6 Å². The van der Waals surface area contributed by atoms with E-state index in [9.17, 15) is 18.8 Å². The van der Waals surface area contributed by atoms with Gasteiger partial charge in [0.15, 0.2) is 6.61 Å². The molecule has 0 spiro atoms. The molecule has 0 unspecified atom stereocenters. The van der Waals surface area contributed by atoms with Gasteiger partial charge in [0.1, 0.15) is 11.9 Å². The first-order valence-corrected chi connectivity index (χ1v) is 7.60. The third-order valence-corrected chi connectivity index (χ3v) is 2.95. The predicted molar refractivity (Wildman–Crippen MR) is 87.3 cm³/mol. The maximum Gasteiger partial charge on any atom is 0.331 e. The normalized spacial score (nSPS) is 11.8. The zero-order chi connectivity index (χ0) is 17.9. The number of amides is 2. The van der Waals surface area contributed by atoms with Crippen LogP contribution in [0.4, 0.5) is 4.39 Å². The van der Waals surface area contributed by atoms with Crippen molar-refractivity contribution in [2.24, 2.45) is 0 Å². The fraction of sp³-hybridized carbons (Fsp3) is 0.353. The summed E-state index contributed by atoms with van der Waals surface area (Å²) in [6.45, 7) is 3.50. The number of hydrogen-bond donors (Lipinski definition) is 2. The molecule has 0 aliphatic rings. The Bertz CT molecular complexity index is 599. The van der Waals surface area contributed by atoms with Crippen molar-refractivity contribution in [3.8, 4) is 0 Å². The molecular weight excluding hydrogens is 315 g/mol. The molecule has 0 aliphatic heterocycles. The molecule has 0 saturated heterocycles. The highest BCUT2D eigenvalue weighted by molar-refractivity contribution is 5.91. The maximum atomic E-state index is 12.7. The van der Waals surface area contributed by atoms with Crippen LogP contribution in [0.3, 0.4) is 0 Å². The molecule has 7 heteroatoms. The molecule has 0 saturated carbocycles. The molecule has 2 N–H and O–H groups in total. The molecule has 2 amide bonds. The largest absolute Gasteiger partial charge is 0.452 e. The van der Waals surface area contributed by atoms with Crippen LogP contribution in [0.5, 0.6) is 0 Å². The summed E-state index contributed by atoms with van der Waals surface area (Å²) >= 11 is 0. The number of nitrogens with one attached hydrogen (secondary N) is 2. The summed E-state index contributed by atoms with van der Waals surface area (Å²) in [4.78, 5) is 34.7. The summed E-state index contributed by atoms with van der Waals surface area (Å²) in [6, 6.07) is 4.83.